The van der Waals surface area contributed by atoms with E-state index in [1.54, 1.807) is 30.3 Å². The molecule has 1 unspecified atom stereocenters. The first-order valence-corrected chi connectivity index (χ1v) is 10.1. The number of aromatic hydroxyl groups is 1. The molecule has 0 radical (unpaired) electrons. The largest absolute Gasteiger partial charge is 0.508 e. The number of likely N-dealkylation sites (N-methyl/N-ethyl adjacent to an activating group) is 1. The van der Waals surface area contributed by atoms with Crippen LogP contribution in [0.3, 0.4) is 0 Å². The highest BCUT2D eigenvalue weighted by atomic mass is 16.4. The average molecular weight is 393 g/mol. The van der Waals surface area contributed by atoms with Gasteiger partial charge in [0.15, 0.2) is 0 Å². The highest BCUT2D eigenvalue weighted by Gasteiger charge is 2.50. The van der Waals surface area contributed by atoms with Crippen molar-refractivity contribution in [2.75, 3.05) is 13.6 Å². The maximum Gasteiger partial charge on any atom is 0.335 e. The molecule has 1 aliphatic heterocycles. The van der Waals surface area contributed by atoms with Gasteiger partial charge >= 0.3 is 5.97 Å². The summed E-state index contributed by atoms with van der Waals surface area (Å²) in [5.74, 6) is -0.309. The number of phenols is 1. The van der Waals surface area contributed by atoms with Gasteiger partial charge in [-0.05, 0) is 78.7 Å². The quantitative estimate of drug-likeness (QED) is 0.814. The Morgan fingerprint density at radius 3 is 2.59 bits per heavy atom. The molecule has 0 spiro atoms. The van der Waals surface area contributed by atoms with E-state index in [2.05, 4.69) is 18.9 Å². The van der Waals surface area contributed by atoms with Crippen molar-refractivity contribution >= 4 is 11.8 Å². The topological polar surface area (TPSA) is 77.8 Å². The summed E-state index contributed by atoms with van der Waals surface area (Å²) in [6.07, 6.45) is 2.66. The van der Waals surface area contributed by atoms with Crippen LogP contribution in [0.2, 0.25) is 0 Å². The van der Waals surface area contributed by atoms with Crippen LogP contribution in [0.1, 0.15) is 46.8 Å². The third-order valence-corrected chi connectivity index (χ3v) is 7.02. The van der Waals surface area contributed by atoms with Crippen LogP contribution >= 0.6 is 0 Å². The zero-order valence-corrected chi connectivity index (χ0v) is 16.9. The molecule has 2 aromatic rings. The predicted molar refractivity (Wildman–Crippen MR) is 110 cm³/mol. The normalized spacial score (nSPS) is 26.0. The maximum atomic E-state index is 13.0. The van der Waals surface area contributed by atoms with Gasteiger partial charge in [0.05, 0.1) is 5.56 Å². The van der Waals surface area contributed by atoms with Gasteiger partial charge < -0.3 is 15.1 Å². The van der Waals surface area contributed by atoms with Gasteiger partial charge in [0.1, 0.15) is 11.5 Å². The van der Waals surface area contributed by atoms with Gasteiger partial charge in [0, 0.05) is 18.9 Å². The van der Waals surface area contributed by atoms with E-state index in [4.69, 9.17) is 5.11 Å². The highest BCUT2D eigenvalue weighted by molar-refractivity contribution is 5.88. The number of Topliss-reactive ketones (excluding diaryl/α,β-unsaturated/α-hetero) is 1. The summed E-state index contributed by atoms with van der Waals surface area (Å²) < 4.78 is 0. The smallest absolute Gasteiger partial charge is 0.335 e. The molecule has 1 saturated heterocycles. The lowest BCUT2D eigenvalue weighted by atomic mass is 9.57. The van der Waals surface area contributed by atoms with Crippen LogP contribution in [-0.2, 0) is 23.1 Å². The highest BCUT2D eigenvalue weighted by Crippen LogP contribution is 2.50. The van der Waals surface area contributed by atoms with Crippen molar-refractivity contribution in [3.63, 3.8) is 0 Å². The van der Waals surface area contributed by atoms with Crippen molar-refractivity contribution in [3.05, 3.63) is 64.7 Å². The monoisotopic (exact) mass is 393 g/mol. The number of piperidine rings is 1. The molecule has 1 heterocycles. The number of carbonyl (C=O) groups is 2. The fraction of sp³-hybridized carbons (Fsp3) is 0.417. The molecule has 3 atom stereocenters. The van der Waals surface area contributed by atoms with Crippen LogP contribution in [0, 0.1) is 5.92 Å². The van der Waals surface area contributed by atoms with Crippen molar-refractivity contribution in [2.45, 2.75) is 44.1 Å². The van der Waals surface area contributed by atoms with Crippen LogP contribution < -0.4 is 0 Å². The van der Waals surface area contributed by atoms with Crippen molar-refractivity contribution in [3.8, 4) is 5.75 Å². The number of phenolic OH excluding ortho intramolecular Hbond substituents is 1. The third kappa shape index (κ3) is 3.55. The third-order valence-electron chi connectivity index (χ3n) is 7.02. The zero-order valence-electron chi connectivity index (χ0n) is 16.9. The summed E-state index contributed by atoms with van der Waals surface area (Å²) >= 11 is 0. The van der Waals surface area contributed by atoms with E-state index < -0.39 is 5.97 Å². The summed E-state index contributed by atoms with van der Waals surface area (Å²) in [5, 5.41) is 19.1. The fourth-order valence-corrected chi connectivity index (χ4v) is 5.30. The Kier molecular flexibility index (Phi) is 4.95. The molecule has 29 heavy (non-hydrogen) atoms. The second-order valence-corrected chi connectivity index (χ2v) is 8.79. The first-order valence-electron chi connectivity index (χ1n) is 10.1. The molecule has 2 aromatic carbocycles. The molecular weight excluding hydrogens is 366 g/mol. The fourth-order valence-electron chi connectivity index (χ4n) is 5.30. The van der Waals surface area contributed by atoms with Gasteiger partial charge in [0.2, 0.25) is 0 Å². The standard InChI is InChI=1S/C24H27NO4/c1-24-9-10-25(2)22(12-17-7-8-18(26)13-20(17)24)21(24)14-19(27)11-15-3-5-16(6-4-15)23(28)29/h3-8,13,21-22,26H,9-12,14H2,1-2H3,(H,28,29)/t21-,22?,24+/m0/s1. The number of hydrogen-bond donors (Lipinski definition) is 2. The van der Waals surface area contributed by atoms with E-state index in [-0.39, 0.29) is 28.4 Å². The molecule has 2 bridgehead atoms. The summed E-state index contributed by atoms with van der Waals surface area (Å²) in [7, 11) is 2.14. The Morgan fingerprint density at radius 2 is 1.90 bits per heavy atom. The van der Waals surface area contributed by atoms with Crippen molar-refractivity contribution in [1.29, 1.82) is 0 Å². The maximum absolute atomic E-state index is 13.0. The molecule has 152 valence electrons. The van der Waals surface area contributed by atoms with Gasteiger partial charge in [-0.3, -0.25) is 4.79 Å². The summed E-state index contributed by atoms with van der Waals surface area (Å²) in [5.41, 5.74) is 3.40. The Bertz CT molecular complexity index is 952. The minimum absolute atomic E-state index is 0.133. The zero-order chi connectivity index (χ0) is 20.8. The average Bonchev–Trinajstić information content (AvgIpc) is 2.68. The number of hydrogen-bond acceptors (Lipinski definition) is 4. The molecule has 2 N–H and O–H groups in total. The lowest BCUT2D eigenvalue weighted by Crippen LogP contribution is -2.58. The van der Waals surface area contributed by atoms with Crippen LogP contribution in [-0.4, -0.2) is 46.5 Å². The molecule has 1 fully saturated rings. The first-order chi connectivity index (χ1) is 13.8. The molecular formula is C24H27NO4. The number of carbonyl (C=O) groups excluding carboxylic acids is 1. The van der Waals surface area contributed by atoms with Gasteiger partial charge in [-0.15, -0.1) is 0 Å². The number of likely N-dealkylation sites (tertiary alicyclic amines) is 1. The van der Waals surface area contributed by atoms with Crippen LogP contribution in [0.15, 0.2) is 42.5 Å². The summed E-state index contributed by atoms with van der Waals surface area (Å²) in [6, 6.07) is 12.5. The van der Waals surface area contributed by atoms with E-state index in [1.165, 1.54) is 11.1 Å². The van der Waals surface area contributed by atoms with Gasteiger partial charge in [0.25, 0.3) is 0 Å². The Labute approximate surface area is 171 Å². The SMILES string of the molecule is CN1CC[C@]2(C)c3cc(O)ccc3CC1[C@@H]2CC(=O)Cc1ccc(C(=O)O)cc1. The molecule has 4 rings (SSSR count). The second kappa shape index (κ2) is 7.30. The summed E-state index contributed by atoms with van der Waals surface area (Å²) in [6.45, 7) is 3.22. The van der Waals surface area contributed by atoms with E-state index in [1.807, 2.05) is 12.1 Å². The van der Waals surface area contributed by atoms with Crippen LogP contribution in [0.5, 0.6) is 5.75 Å². The Balaban J connectivity index is 1.57. The van der Waals surface area contributed by atoms with Gasteiger partial charge in [-0.1, -0.05) is 25.1 Å². The lowest BCUT2D eigenvalue weighted by molar-refractivity contribution is -0.121. The summed E-state index contributed by atoms with van der Waals surface area (Å²) in [4.78, 5) is 26.4. The molecule has 5 nitrogen and oxygen atoms in total. The minimum Gasteiger partial charge on any atom is -0.508 e. The molecule has 0 amide bonds. The number of carboxylic acids is 1. The predicted octanol–water partition coefficient (Wildman–Crippen LogP) is 3.43. The molecule has 0 aromatic heterocycles. The minimum atomic E-state index is -0.962. The van der Waals surface area contributed by atoms with E-state index in [0.717, 1.165) is 24.9 Å². The van der Waals surface area contributed by atoms with Gasteiger partial charge in [-0.2, -0.15) is 0 Å². The molecule has 5 heteroatoms. The number of carboxylic acid groups (broad SMARTS) is 1. The van der Waals surface area contributed by atoms with Crippen molar-refractivity contribution in [1.82, 2.24) is 4.90 Å². The number of rotatable bonds is 5. The number of nitrogens with zero attached hydrogens (tertiary/aromatic N) is 1. The number of ketones is 1. The molecule has 2 aliphatic rings. The first kappa shape index (κ1) is 19.6. The van der Waals surface area contributed by atoms with E-state index >= 15 is 0 Å². The van der Waals surface area contributed by atoms with Crippen molar-refractivity contribution < 1.29 is 19.8 Å². The second-order valence-electron chi connectivity index (χ2n) is 8.79. The van der Waals surface area contributed by atoms with E-state index in [9.17, 15) is 14.7 Å². The number of fused-ring (bicyclic) bond motifs is 4. The van der Waals surface area contributed by atoms with Crippen LogP contribution in [0.4, 0.5) is 0 Å². The molecule has 0 saturated carbocycles. The Hall–Kier alpha value is -2.66. The van der Waals surface area contributed by atoms with Crippen molar-refractivity contribution in [2.24, 2.45) is 5.92 Å². The Morgan fingerprint density at radius 1 is 1.17 bits per heavy atom. The number of aromatic carboxylic acids is 1. The number of benzene rings is 2. The lowest BCUT2D eigenvalue weighted by Gasteiger charge is -2.54. The molecule has 1 aliphatic carbocycles. The van der Waals surface area contributed by atoms with Gasteiger partial charge in [-0.25, -0.2) is 4.79 Å². The van der Waals surface area contributed by atoms with E-state index in [0.29, 0.717) is 18.9 Å². The van der Waals surface area contributed by atoms with Crippen LogP contribution in [0.25, 0.3) is 0 Å².